The van der Waals surface area contributed by atoms with Gasteiger partial charge in [0.05, 0.1) is 24.8 Å². The van der Waals surface area contributed by atoms with E-state index in [9.17, 15) is 14.7 Å². The Morgan fingerprint density at radius 2 is 1.94 bits per heavy atom. The molecule has 0 radical (unpaired) electrons. The Morgan fingerprint density at radius 3 is 2.61 bits per heavy atom. The van der Waals surface area contributed by atoms with E-state index in [1.54, 1.807) is 12.0 Å². The van der Waals surface area contributed by atoms with Gasteiger partial charge in [-0.1, -0.05) is 55.5 Å². The van der Waals surface area contributed by atoms with E-state index >= 15 is 0 Å². The second-order valence-electron chi connectivity index (χ2n) is 9.74. The number of fused-ring (bicyclic) bond motifs is 1. The van der Waals surface area contributed by atoms with Crippen LogP contribution in [0.3, 0.4) is 0 Å². The number of aliphatic hydroxyl groups excluding tert-OH is 1. The van der Waals surface area contributed by atoms with Crippen molar-refractivity contribution in [3.05, 3.63) is 77.4 Å². The van der Waals surface area contributed by atoms with Gasteiger partial charge in [0.15, 0.2) is 0 Å². The SMILES string of the molecule is CO[C@@H](c1ccc(NC(=O)[C@H]2CCCN2)cc1)[C@@H](C)/C=C/CC(=O)N1Cc2ccccc2C[C@H]1CO. The fraction of sp³-hybridized carbons (Fsp3) is 0.448. The van der Waals surface area contributed by atoms with Gasteiger partial charge in [-0.2, -0.15) is 0 Å². The molecular formula is C29H37N3O4. The molecule has 36 heavy (non-hydrogen) atoms. The highest BCUT2D eigenvalue weighted by atomic mass is 16.5. The second kappa shape index (κ2) is 12.3. The Labute approximate surface area is 213 Å². The minimum absolute atomic E-state index is 0.00476. The van der Waals surface area contributed by atoms with Crippen LogP contribution in [0.4, 0.5) is 5.69 Å². The number of nitrogens with zero attached hydrogens (tertiary/aromatic N) is 1. The highest BCUT2D eigenvalue weighted by Gasteiger charge is 2.28. The van der Waals surface area contributed by atoms with Gasteiger partial charge in [0.2, 0.25) is 11.8 Å². The maximum absolute atomic E-state index is 13.0. The molecule has 4 rings (SSSR count). The van der Waals surface area contributed by atoms with Crippen molar-refractivity contribution in [1.29, 1.82) is 0 Å². The zero-order chi connectivity index (χ0) is 25.5. The molecule has 0 aromatic heterocycles. The van der Waals surface area contributed by atoms with Crippen LogP contribution in [-0.2, 0) is 27.3 Å². The number of amides is 2. The number of carbonyl (C=O) groups excluding carboxylic acids is 2. The molecule has 2 heterocycles. The van der Waals surface area contributed by atoms with E-state index in [0.29, 0.717) is 13.0 Å². The van der Waals surface area contributed by atoms with Crippen LogP contribution in [-0.4, -0.2) is 54.2 Å². The third-order valence-electron chi connectivity index (χ3n) is 7.23. The van der Waals surface area contributed by atoms with Crippen LogP contribution < -0.4 is 10.6 Å². The fourth-order valence-electron chi connectivity index (χ4n) is 5.19. The summed E-state index contributed by atoms with van der Waals surface area (Å²) in [4.78, 5) is 27.1. The van der Waals surface area contributed by atoms with Gasteiger partial charge in [-0.3, -0.25) is 9.59 Å². The molecule has 0 unspecified atom stereocenters. The number of nitrogens with one attached hydrogen (secondary N) is 2. The molecule has 2 aliphatic rings. The summed E-state index contributed by atoms with van der Waals surface area (Å²) in [5.74, 6) is 0.0598. The largest absolute Gasteiger partial charge is 0.394 e. The predicted molar refractivity (Wildman–Crippen MR) is 140 cm³/mol. The summed E-state index contributed by atoms with van der Waals surface area (Å²) in [6.45, 7) is 3.44. The molecule has 1 fully saturated rings. The minimum atomic E-state index is -0.187. The highest BCUT2D eigenvalue weighted by molar-refractivity contribution is 5.95. The van der Waals surface area contributed by atoms with Crippen LogP contribution in [0.5, 0.6) is 0 Å². The third-order valence-corrected chi connectivity index (χ3v) is 7.23. The molecule has 7 heteroatoms. The van der Waals surface area contributed by atoms with Gasteiger partial charge in [0.1, 0.15) is 0 Å². The van der Waals surface area contributed by atoms with E-state index in [2.05, 4.69) is 23.6 Å². The zero-order valence-electron chi connectivity index (χ0n) is 21.2. The molecule has 4 atom stereocenters. The summed E-state index contributed by atoms with van der Waals surface area (Å²) in [5.41, 5.74) is 4.12. The monoisotopic (exact) mass is 491 g/mol. The predicted octanol–water partition coefficient (Wildman–Crippen LogP) is 3.59. The maximum atomic E-state index is 13.0. The first-order valence-corrected chi connectivity index (χ1v) is 12.8. The smallest absolute Gasteiger partial charge is 0.241 e. The Morgan fingerprint density at radius 1 is 1.19 bits per heavy atom. The summed E-state index contributed by atoms with van der Waals surface area (Å²) in [5, 5.41) is 16.0. The van der Waals surface area contributed by atoms with Gasteiger partial charge in [-0.05, 0) is 54.6 Å². The van der Waals surface area contributed by atoms with Gasteiger partial charge >= 0.3 is 0 Å². The molecule has 2 aliphatic heterocycles. The molecule has 2 amide bonds. The van der Waals surface area contributed by atoms with Crippen LogP contribution in [0.15, 0.2) is 60.7 Å². The summed E-state index contributed by atoms with van der Waals surface area (Å²) in [7, 11) is 1.68. The molecule has 1 saturated heterocycles. The summed E-state index contributed by atoms with van der Waals surface area (Å²) in [6.07, 6.45) is 6.59. The molecule has 7 nitrogen and oxygen atoms in total. The normalized spacial score (nSPS) is 21.2. The molecule has 0 spiro atoms. The van der Waals surface area contributed by atoms with Crippen molar-refractivity contribution in [3.63, 3.8) is 0 Å². The molecule has 2 aromatic carbocycles. The average Bonchev–Trinajstić information content (AvgIpc) is 3.44. The van der Waals surface area contributed by atoms with E-state index in [1.807, 2.05) is 54.6 Å². The highest BCUT2D eigenvalue weighted by Crippen LogP contribution is 2.28. The summed E-state index contributed by atoms with van der Waals surface area (Å²) in [6, 6.07) is 15.5. The Bertz CT molecular complexity index is 1060. The quantitative estimate of drug-likeness (QED) is 0.467. The van der Waals surface area contributed by atoms with Crippen molar-refractivity contribution in [2.45, 2.75) is 57.3 Å². The number of hydrogen-bond acceptors (Lipinski definition) is 5. The number of methoxy groups -OCH3 is 1. The van der Waals surface area contributed by atoms with Crippen LogP contribution in [0, 0.1) is 5.92 Å². The Hall–Kier alpha value is -3.00. The molecule has 0 bridgehead atoms. The van der Waals surface area contributed by atoms with Crippen molar-refractivity contribution in [2.24, 2.45) is 5.92 Å². The fourth-order valence-corrected chi connectivity index (χ4v) is 5.19. The summed E-state index contributed by atoms with van der Waals surface area (Å²) < 4.78 is 5.77. The van der Waals surface area contributed by atoms with E-state index < -0.39 is 0 Å². The van der Waals surface area contributed by atoms with E-state index in [1.165, 1.54) is 5.56 Å². The number of rotatable bonds is 9. The first-order chi connectivity index (χ1) is 17.5. The summed E-state index contributed by atoms with van der Waals surface area (Å²) >= 11 is 0. The molecule has 0 aliphatic carbocycles. The Kier molecular flexibility index (Phi) is 8.91. The molecule has 0 saturated carbocycles. The average molecular weight is 492 g/mol. The van der Waals surface area contributed by atoms with Gasteiger partial charge in [-0.25, -0.2) is 0 Å². The lowest BCUT2D eigenvalue weighted by atomic mass is 9.93. The molecule has 2 aromatic rings. The Balaban J connectivity index is 1.33. The van der Waals surface area contributed by atoms with Gasteiger partial charge in [-0.15, -0.1) is 0 Å². The molecule has 3 N–H and O–H groups in total. The minimum Gasteiger partial charge on any atom is -0.394 e. The van der Waals surface area contributed by atoms with Crippen LogP contribution in [0.1, 0.15) is 49.0 Å². The molecule has 192 valence electrons. The molecular weight excluding hydrogens is 454 g/mol. The lowest BCUT2D eigenvalue weighted by Gasteiger charge is -2.36. The second-order valence-corrected chi connectivity index (χ2v) is 9.74. The zero-order valence-corrected chi connectivity index (χ0v) is 21.2. The third kappa shape index (κ3) is 6.22. The van der Waals surface area contributed by atoms with Crippen LogP contribution in [0.2, 0.25) is 0 Å². The number of anilines is 1. The number of aliphatic hydroxyl groups is 1. The lowest BCUT2D eigenvalue weighted by molar-refractivity contribution is -0.134. The van der Waals surface area contributed by atoms with E-state index in [4.69, 9.17) is 4.74 Å². The maximum Gasteiger partial charge on any atom is 0.241 e. The van der Waals surface area contributed by atoms with E-state index in [-0.39, 0.29) is 48.9 Å². The van der Waals surface area contributed by atoms with Crippen molar-refractivity contribution in [2.75, 3.05) is 25.6 Å². The van der Waals surface area contributed by atoms with Gasteiger partial charge < -0.3 is 25.4 Å². The van der Waals surface area contributed by atoms with Crippen LogP contribution >= 0.6 is 0 Å². The topological polar surface area (TPSA) is 90.9 Å². The first-order valence-electron chi connectivity index (χ1n) is 12.8. The standard InChI is InChI=1S/C29H37N3O4/c1-20(7-5-11-27(34)32-18-23-9-4-3-8-22(23)17-25(32)19-33)28(36-2)21-12-14-24(15-13-21)31-29(35)26-10-6-16-30-26/h3-5,7-9,12-15,20,25-26,28,30,33H,6,10-11,16-19H2,1-2H3,(H,31,35)/b7-5+/t20-,25-,26+,28+/m0/s1. The number of hydrogen-bond donors (Lipinski definition) is 3. The number of carbonyl (C=O) groups is 2. The van der Waals surface area contributed by atoms with E-state index in [0.717, 1.165) is 36.2 Å². The van der Waals surface area contributed by atoms with Gasteiger partial charge in [0.25, 0.3) is 0 Å². The van der Waals surface area contributed by atoms with Crippen molar-refractivity contribution < 1.29 is 19.4 Å². The van der Waals surface area contributed by atoms with Crippen molar-refractivity contribution in [3.8, 4) is 0 Å². The van der Waals surface area contributed by atoms with Crippen molar-refractivity contribution in [1.82, 2.24) is 10.2 Å². The lowest BCUT2D eigenvalue weighted by Crippen LogP contribution is -2.46. The van der Waals surface area contributed by atoms with Gasteiger partial charge in [0, 0.05) is 31.7 Å². The van der Waals surface area contributed by atoms with Crippen molar-refractivity contribution >= 4 is 17.5 Å². The van der Waals surface area contributed by atoms with Crippen LogP contribution in [0.25, 0.3) is 0 Å². The first kappa shape index (κ1) is 26.1. The number of ether oxygens (including phenoxy) is 1. The number of benzene rings is 2.